The lowest BCUT2D eigenvalue weighted by Crippen LogP contribution is -2.18. The second-order valence-corrected chi connectivity index (χ2v) is 3.29. The summed E-state index contributed by atoms with van der Waals surface area (Å²) in [6.07, 6.45) is 0. The van der Waals surface area contributed by atoms with Gasteiger partial charge >= 0.3 is 0 Å². The van der Waals surface area contributed by atoms with Gasteiger partial charge in [0.1, 0.15) is 0 Å². The maximum atomic E-state index is 11.6. The number of hydrogen-bond donors (Lipinski definition) is 2. The Kier molecular flexibility index (Phi) is 4.04. The van der Waals surface area contributed by atoms with E-state index in [9.17, 15) is 4.79 Å². The lowest BCUT2D eigenvalue weighted by molar-refractivity contribution is -0.176. The van der Waals surface area contributed by atoms with Crippen LogP contribution in [-0.4, -0.2) is 19.9 Å². The van der Waals surface area contributed by atoms with E-state index in [0.717, 1.165) is 11.4 Å². The molecule has 0 aliphatic rings. The van der Waals surface area contributed by atoms with Crippen LogP contribution in [0.1, 0.15) is 5.69 Å². The van der Waals surface area contributed by atoms with Gasteiger partial charge in [-0.1, -0.05) is 18.2 Å². The van der Waals surface area contributed by atoms with E-state index >= 15 is 0 Å². The van der Waals surface area contributed by atoms with Gasteiger partial charge in [0.2, 0.25) is 0 Å². The number of hydrogen-bond acceptors (Lipinski definition) is 3. The Hall–Kier alpha value is -1.85. The minimum Gasteiger partial charge on any atom is -0.285 e. The van der Waals surface area contributed by atoms with Gasteiger partial charge in [-0.3, -0.25) is 20.0 Å². The summed E-state index contributed by atoms with van der Waals surface area (Å²) >= 11 is 0. The normalized spacial score (nSPS) is 9.50. The van der Waals surface area contributed by atoms with Crippen molar-refractivity contribution in [1.29, 1.82) is 0 Å². The molecule has 0 radical (unpaired) electrons. The molecule has 5 heteroatoms. The van der Waals surface area contributed by atoms with Crippen LogP contribution in [0.3, 0.4) is 0 Å². The maximum Gasteiger partial charge on any atom is 0.271 e. The molecular weight excluding hydrogens is 208 g/mol. The van der Waals surface area contributed by atoms with Crippen LogP contribution >= 0.6 is 0 Å². The minimum atomic E-state index is 0.0104. The molecule has 0 aliphatic heterocycles. The number of nitrogens with zero attached hydrogens (tertiary/aromatic N) is 2. The lowest BCUT2D eigenvalue weighted by atomic mass is 10.3. The molecule has 1 heterocycles. The first-order chi connectivity index (χ1) is 7.70. The molecule has 0 fully saturated rings. The zero-order chi connectivity index (χ0) is 12.1. The quantitative estimate of drug-likeness (QED) is 0.567. The summed E-state index contributed by atoms with van der Waals surface area (Å²) in [4.78, 5) is 11.6. The average molecular weight is 222 g/mol. The van der Waals surface area contributed by atoms with Gasteiger partial charge in [-0.2, -0.15) is 0 Å². The number of benzene rings is 1. The predicted molar refractivity (Wildman–Crippen MR) is 61.0 cm³/mol. The predicted octanol–water partition coefficient (Wildman–Crippen LogP) is 1.50. The molecule has 0 unspecified atom stereocenters. The van der Waals surface area contributed by atoms with Gasteiger partial charge in [0.15, 0.2) is 0 Å². The average Bonchev–Trinajstić information content (AvgIpc) is 2.57. The van der Waals surface area contributed by atoms with Gasteiger partial charge in [0, 0.05) is 18.8 Å². The van der Waals surface area contributed by atoms with Gasteiger partial charge in [0.25, 0.3) is 5.56 Å². The van der Waals surface area contributed by atoms with E-state index < -0.39 is 0 Å². The van der Waals surface area contributed by atoms with Gasteiger partial charge in [-0.15, -0.1) is 0 Å². The van der Waals surface area contributed by atoms with Gasteiger partial charge in [-0.05, 0) is 19.1 Å². The Morgan fingerprint density at radius 2 is 1.69 bits per heavy atom. The van der Waals surface area contributed by atoms with Crippen LogP contribution in [0.25, 0.3) is 5.69 Å². The molecular formula is C11H14N2O3. The molecule has 2 N–H and O–H groups in total. The molecule has 1 aromatic carbocycles. The summed E-state index contributed by atoms with van der Waals surface area (Å²) in [6.45, 7) is 1.92. The Bertz CT molecular complexity index is 500. The van der Waals surface area contributed by atoms with Crippen molar-refractivity contribution in [3.8, 4) is 5.69 Å². The zero-order valence-electron chi connectivity index (χ0n) is 9.16. The summed E-state index contributed by atoms with van der Waals surface area (Å²) in [6, 6.07) is 11.2. The van der Waals surface area contributed by atoms with Gasteiger partial charge < -0.3 is 0 Å². The van der Waals surface area contributed by atoms with Crippen molar-refractivity contribution in [1.82, 2.24) is 9.36 Å². The Labute approximate surface area is 92.7 Å². The van der Waals surface area contributed by atoms with Gasteiger partial charge in [0.05, 0.1) is 5.69 Å². The third kappa shape index (κ3) is 2.21. The third-order valence-corrected chi connectivity index (χ3v) is 2.35. The molecule has 86 valence electrons. The number of rotatable bonds is 1. The Morgan fingerprint density at radius 1 is 1.12 bits per heavy atom. The molecule has 5 nitrogen and oxygen atoms in total. The zero-order valence-corrected chi connectivity index (χ0v) is 9.16. The lowest BCUT2D eigenvalue weighted by Gasteiger charge is -2.07. The van der Waals surface area contributed by atoms with E-state index in [0.29, 0.717) is 0 Å². The highest BCUT2D eigenvalue weighted by molar-refractivity contribution is 5.30. The summed E-state index contributed by atoms with van der Waals surface area (Å²) in [7, 11) is 1.88. The number of para-hydroxylation sites is 1. The highest BCUT2D eigenvalue weighted by atomic mass is 17.0. The summed E-state index contributed by atoms with van der Waals surface area (Å²) in [5.41, 5.74) is 1.86. The van der Waals surface area contributed by atoms with E-state index in [1.165, 1.54) is 0 Å². The molecule has 2 rings (SSSR count). The first-order valence-corrected chi connectivity index (χ1v) is 4.71. The van der Waals surface area contributed by atoms with Crippen molar-refractivity contribution >= 4 is 0 Å². The molecule has 0 bridgehead atoms. The molecule has 0 spiro atoms. The molecule has 0 saturated heterocycles. The van der Waals surface area contributed by atoms with E-state index in [-0.39, 0.29) is 5.56 Å². The molecule has 16 heavy (non-hydrogen) atoms. The highest BCUT2D eigenvalue weighted by Gasteiger charge is 2.05. The standard InChI is InChI=1S/C11H12N2O.H2O2/c1-9-8-11(14)13(12(9)2)10-6-4-3-5-7-10;1-2/h3-8H,1-2H3;1-2H. The van der Waals surface area contributed by atoms with Crippen LogP contribution in [-0.2, 0) is 7.05 Å². The fourth-order valence-electron chi connectivity index (χ4n) is 1.51. The van der Waals surface area contributed by atoms with E-state index in [1.54, 1.807) is 10.7 Å². The minimum absolute atomic E-state index is 0.0104. The fourth-order valence-corrected chi connectivity index (χ4v) is 1.51. The van der Waals surface area contributed by atoms with Crippen LogP contribution in [0.5, 0.6) is 0 Å². The Morgan fingerprint density at radius 3 is 2.12 bits per heavy atom. The van der Waals surface area contributed by atoms with Crippen molar-refractivity contribution in [2.75, 3.05) is 0 Å². The van der Waals surface area contributed by atoms with Crippen LogP contribution in [0.15, 0.2) is 41.2 Å². The Balaban J connectivity index is 0.000000606. The molecule has 0 aliphatic carbocycles. The molecule has 1 aromatic heterocycles. The van der Waals surface area contributed by atoms with Crippen molar-refractivity contribution < 1.29 is 10.5 Å². The SMILES string of the molecule is Cc1cc(=O)n(-c2ccccc2)n1C.OO. The van der Waals surface area contributed by atoms with Crippen LogP contribution in [0, 0.1) is 6.92 Å². The molecule has 0 amide bonds. The summed E-state index contributed by atoms with van der Waals surface area (Å²) < 4.78 is 3.49. The topological polar surface area (TPSA) is 67.4 Å². The van der Waals surface area contributed by atoms with E-state index in [1.807, 2.05) is 49.0 Å². The number of aryl methyl sites for hydroxylation is 1. The van der Waals surface area contributed by atoms with Crippen molar-refractivity contribution in [2.45, 2.75) is 6.92 Å². The fraction of sp³-hybridized carbons (Fsp3) is 0.182. The highest BCUT2D eigenvalue weighted by Crippen LogP contribution is 2.04. The maximum absolute atomic E-state index is 11.6. The van der Waals surface area contributed by atoms with E-state index in [4.69, 9.17) is 10.5 Å². The van der Waals surface area contributed by atoms with Crippen LogP contribution < -0.4 is 5.56 Å². The smallest absolute Gasteiger partial charge is 0.271 e. The van der Waals surface area contributed by atoms with Crippen LogP contribution in [0.4, 0.5) is 0 Å². The second kappa shape index (κ2) is 5.29. The summed E-state index contributed by atoms with van der Waals surface area (Å²) in [5.74, 6) is 0. The largest absolute Gasteiger partial charge is 0.285 e. The summed E-state index contributed by atoms with van der Waals surface area (Å²) in [5, 5.41) is 12.0. The van der Waals surface area contributed by atoms with Crippen molar-refractivity contribution in [2.24, 2.45) is 7.05 Å². The first-order valence-electron chi connectivity index (χ1n) is 4.71. The van der Waals surface area contributed by atoms with Crippen molar-refractivity contribution in [3.63, 3.8) is 0 Å². The second-order valence-electron chi connectivity index (χ2n) is 3.29. The monoisotopic (exact) mass is 222 g/mol. The number of aromatic nitrogens is 2. The van der Waals surface area contributed by atoms with E-state index in [2.05, 4.69) is 0 Å². The van der Waals surface area contributed by atoms with Crippen LogP contribution in [0.2, 0.25) is 0 Å². The van der Waals surface area contributed by atoms with Crippen molar-refractivity contribution in [3.05, 3.63) is 52.4 Å². The van der Waals surface area contributed by atoms with Gasteiger partial charge in [-0.25, -0.2) is 4.68 Å². The molecule has 2 aromatic rings. The molecule has 0 saturated carbocycles. The first kappa shape index (κ1) is 12.2. The third-order valence-electron chi connectivity index (χ3n) is 2.35. The molecule has 0 atom stereocenters.